The van der Waals surface area contributed by atoms with Gasteiger partial charge in [0.1, 0.15) is 5.41 Å². The molecule has 1 saturated heterocycles. The third-order valence-corrected chi connectivity index (χ3v) is 4.80. The van der Waals surface area contributed by atoms with Gasteiger partial charge >= 0.3 is 0 Å². The van der Waals surface area contributed by atoms with E-state index in [-0.39, 0.29) is 5.91 Å². The Labute approximate surface area is 108 Å². The SMILES string of the molecule is CCC(C#N)(CC)C(=O)NCC1CCSCC1. The van der Waals surface area contributed by atoms with Crippen molar-refractivity contribution >= 4 is 17.7 Å². The van der Waals surface area contributed by atoms with E-state index in [9.17, 15) is 4.79 Å². The number of thioether (sulfide) groups is 1. The minimum Gasteiger partial charge on any atom is -0.354 e. The summed E-state index contributed by atoms with van der Waals surface area (Å²) >= 11 is 1.99. The highest BCUT2D eigenvalue weighted by Gasteiger charge is 2.35. The Hall–Kier alpha value is -0.690. The molecule has 1 aliphatic rings. The van der Waals surface area contributed by atoms with E-state index in [1.54, 1.807) is 0 Å². The zero-order valence-electron chi connectivity index (χ0n) is 10.8. The third kappa shape index (κ3) is 3.64. The average Bonchev–Trinajstić information content (AvgIpc) is 2.40. The Morgan fingerprint density at radius 1 is 1.41 bits per heavy atom. The normalized spacial score (nSPS) is 17.5. The van der Waals surface area contributed by atoms with Crippen LogP contribution in [-0.2, 0) is 4.79 Å². The Kier molecular flexibility index (Phi) is 5.84. The molecular formula is C13H22N2OS. The maximum atomic E-state index is 12.1. The number of hydrogen-bond acceptors (Lipinski definition) is 3. The van der Waals surface area contributed by atoms with Crippen LogP contribution in [0, 0.1) is 22.7 Å². The van der Waals surface area contributed by atoms with Gasteiger partial charge in [-0.3, -0.25) is 4.79 Å². The lowest BCUT2D eigenvalue weighted by Crippen LogP contribution is -2.41. The van der Waals surface area contributed by atoms with Crippen LogP contribution in [0.2, 0.25) is 0 Å². The molecule has 1 fully saturated rings. The minimum atomic E-state index is -0.816. The highest BCUT2D eigenvalue weighted by atomic mass is 32.2. The summed E-state index contributed by atoms with van der Waals surface area (Å²) in [6, 6.07) is 2.19. The molecule has 0 aromatic heterocycles. The van der Waals surface area contributed by atoms with Crippen LogP contribution in [0.4, 0.5) is 0 Å². The first-order valence-electron chi connectivity index (χ1n) is 6.45. The number of nitriles is 1. The molecule has 4 heteroatoms. The van der Waals surface area contributed by atoms with Crippen molar-refractivity contribution in [3.63, 3.8) is 0 Å². The second kappa shape index (κ2) is 6.90. The molecule has 0 atom stereocenters. The van der Waals surface area contributed by atoms with Crippen LogP contribution in [0.1, 0.15) is 39.5 Å². The summed E-state index contributed by atoms with van der Waals surface area (Å²) in [5, 5.41) is 12.1. The first-order valence-corrected chi connectivity index (χ1v) is 7.61. The molecule has 1 rings (SSSR count). The molecular weight excluding hydrogens is 232 g/mol. The van der Waals surface area contributed by atoms with Gasteiger partial charge in [-0.1, -0.05) is 13.8 Å². The topological polar surface area (TPSA) is 52.9 Å². The molecule has 0 spiro atoms. The molecule has 0 bridgehead atoms. The van der Waals surface area contributed by atoms with Crippen LogP contribution in [-0.4, -0.2) is 24.0 Å². The van der Waals surface area contributed by atoms with Gasteiger partial charge in [0.15, 0.2) is 0 Å². The molecule has 17 heavy (non-hydrogen) atoms. The number of carbonyl (C=O) groups excluding carboxylic acids is 1. The molecule has 96 valence electrons. The predicted octanol–water partition coefficient (Wildman–Crippen LogP) is 2.58. The molecule has 1 N–H and O–H groups in total. The van der Waals surface area contributed by atoms with Crippen molar-refractivity contribution in [3.05, 3.63) is 0 Å². The molecule has 0 aliphatic carbocycles. The van der Waals surface area contributed by atoms with E-state index in [4.69, 9.17) is 5.26 Å². The van der Waals surface area contributed by atoms with Gasteiger partial charge in [-0.2, -0.15) is 17.0 Å². The zero-order valence-corrected chi connectivity index (χ0v) is 11.6. The van der Waals surface area contributed by atoms with E-state index in [1.165, 1.54) is 24.3 Å². The predicted molar refractivity (Wildman–Crippen MR) is 71.7 cm³/mol. The van der Waals surface area contributed by atoms with Crippen LogP contribution in [0.15, 0.2) is 0 Å². The van der Waals surface area contributed by atoms with Crippen molar-refractivity contribution in [1.29, 1.82) is 5.26 Å². The zero-order chi connectivity index (χ0) is 12.7. The van der Waals surface area contributed by atoms with Gasteiger partial charge in [0.05, 0.1) is 6.07 Å². The summed E-state index contributed by atoms with van der Waals surface area (Å²) in [7, 11) is 0. The Morgan fingerprint density at radius 2 is 2.00 bits per heavy atom. The van der Waals surface area contributed by atoms with Gasteiger partial charge in [0.25, 0.3) is 0 Å². The fraction of sp³-hybridized carbons (Fsp3) is 0.846. The minimum absolute atomic E-state index is 0.0803. The van der Waals surface area contributed by atoms with Crippen molar-refractivity contribution < 1.29 is 4.79 Å². The highest BCUT2D eigenvalue weighted by Crippen LogP contribution is 2.26. The monoisotopic (exact) mass is 254 g/mol. The number of hydrogen-bond donors (Lipinski definition) is 1. The quantitative estimate of drug-likeness (QED) is 0.820. The maximum Gasteiger partial charge on any atom is 0.240 e. The standard InChI is InChI=1S/C13H22N2OS/c1-3-13(4-2,10-14)12(16)15-9-11-5-7-17-8-6-11/h11H,3-9H2,1-2H3,(H,15,16). The fourth-order valence-corrected chi connectivity index (χ4v) is 3.34. The van der Waals surface area contributed by atoms with Crippen LogP contribution in [0.3, 0.4) is 0 Å². The Bertz CT molecular complexity index is 288. The highest BCUT2D eigenvalue weighted by molar-refractivity contribution is 7.99. The molecule has 1 aliphatic heterocycles. The van der Waals surface area contributed by atoms with Gasteiger partial charge in [-0.15, -0.1) is 0 Å². The van der Waals surface area contributed by atoms with Crippen molar-refractivity contribution in [2.24, 2.45) is 11.3 Å². The molecule has 0 saturated carbocycles. The van der Waals surface area contributed by atoms with Crippen molar-refractivity contribution in [2.75, 3.05) is 18.1 Å². The van der Waals surface area contributed by atoms with Crippen molar-refractivity contribution in [3.8, 4) is 6.07 Å². The lowest BCUT2D eigenvalue weighted by Gasteiger charge is -2.26. The lowest BCUT2D eigenvalue weighted by molar-refractivity contribution is -0.128. The lowest BCUT2D eigenvalue weighted by atomic mass is 9.83. The smallest absolute Gasteiger partial charge is 0.240 e. The average molecular weight is 254 g/mol. The first kappa shape index (κ1) is 14.4. The third-order valence-electron chi connectivity index (χ3n) is 3.75. The number of nitrogens with one attached hydrogen (secondary N) is 1. The second-order valence-corrected chi connectivity index (χ2v) is 5.89. The van der Waals surface area contributed by atoms with E-state index in [2.05, 4.69) is 11.4 Å². The summed E-state index contributed by atoms with van der Waals surface area (Å²) in [5.74, 6) is 2.92. The molecule has 0 aromatic rings. The van der Waals surface area contributed by atoms with E-state index >= 15 is 0 Å². The van der Waals surface area contributed by atoms with Gasteiger partial charge in [0, 0.05) is 6.54 Å². The summed E-state index contributed by atoms with van der Waals surface area (Å²) in [4.78, 5) is 12.1. The van der Waals surface area contributed by atoms with Crippen LogP contribution >= 0.6 is 11.8 Å². The van der Waals surface area contributed by atoms with Gasteiger partial charge in [-0.05, 0) is 43.1 Å². The second-order valence-electron chi connectivity index (χ2n) is 4.67. The van der Waals surface area contributed by atoms with E-state index in [0.29, 0.717) is 18.8 Å². The van der Waals surface area contributed by atoms with Crippen LogP contribution in [0.25, 0.3) is 0 Å². The van der Waals surface area contributed by atoms with Crippen molar-refractivity contribution in [1.82, 2.24) is 5.32 Å². The Morgan fingerprint density at radius 3 is 2.47 bits per heavy atom. The fourth-order valence-electron chi connectivity index (χ4n) is 2.14. The summed E-state index contributed by atoms with van der Waals surface area (Å²) in [6.07, 6.45) is 3.55. The first-order chi connectivity index (χ1) is 8.18. The number of carbonyl (C=O) groups is 1. The summed E-state index contributed by atoms with van der Waals surface area (Å²) < 4.78 is 0. The summed E-state index contributed by atoms with van der Waals surface area (Å²) in [5.41, 5.74) is -0.816. The molecule has 0 aromatic carbocycles. The molecule has 0 unspecified atom stereocenters. The van der Waals surface area contributed by atoms with E-state index in [0.717, 1.165) is 6.54 Å². The van der Waals surface area contributed by atoms with Gasteiger partial charge in [0.2, 0.25) is 5.91 Å². The van der Waals surface area contributed by atoms with Crippen molar-refractivity contribution in [2.45, 2.75) is 39.5 Å². The van der Waals surface area contributed by atoms with Gasteiger partial charge in [-0.25, -0.2) is 0 Å². The summed E-state index contributed by atoms with van der Waals surface area (Å²) in [6.45, 7) is 4.55. The Balaban J connectivity index is 2.45. The van der Waals surface area contributed by atoms with Gasteiger partial charge < -0.3 is 5.32 Å². The molecule has 1 heterocycles. The molecule has 1 amide bonds. The van der Waals surface area contributed by atoms with E-state index in [1.807, 2.05) is 25.6 Å². The van der Waals surface area contributed by atoms with E-state index < -0.39 is 5.41 Å². The number of amides is 1. The van der Waals surface area contributed by atoms with Crippen LogP contribution in [0.5, 0.6) is 0 Å². The number of rotatable bonds is 5. The largest absolute Gasteiger partial charge is 0.354 e. The number of nitrogens with zero attached hydrogens (tertiary/aromatic N) is 1. The van der Waals surface area contributed by atoms with Crippen LogP contribution < -0.4 is 5.32 Å². The molecule has 3 nitrogen and oxygen atoms in total. The molecule has 0 radical (unpaired) electrons. The maximum absolute atomic E-state index is 12.1.